The van der Waals surface area contributed by atoms with Crippen LogP contribution >= 0.6 is 0 Å². The summed E-state index contributed by atoms with van der Waals surface area (Å²) < 4.78 is 0. The summed E-state index contributed by atoms with van der Waals surface area (Å²) in [4.78, 5) is 11.9. The average Bonchev–Trinajstić information content (AvgIpc) is 2.72. The van der Waals surface area contributed by atoms with Gasteiger partial charge in [0.05, 0.1) is 0 Å². The van der Waals surface area contributed by atoms with E-state index in [-0.39, 0.29) is 0 Å². The Hall–Kier alpha value is -1.89. The zero-order valence-electron chi connectivity index (χ0n) is 15.7. The molecule has 0 aliphatic heterocycles. The predicted molar refractivity (Wildman–Crippen MR) is 107 cm³/mol. The number of fused-ring (bicyclic) bond motifs is 4. The van der Waals surface area contributed by atoms with Crippen molar-refractivity contribution in [3.05, 3.63) is 57.1 Å². The molecule has 2 aromatic carbocycles. The van der Waals surface area contributed by atoms with Crippen LogP contribution in [0, 0.1) is 0 Å². The number of carbonyl (C=O) groups is 1. The second-order valence-corrected chi connectivity index (χ2v) is 8.47. The molecular weight excluding hydrogens is 316 g/mol. The highest BCUT2D eigenvalue weighted by atomic mass is 16.1. The maximum absolute atomic E-state index is 11.9. The standard InChI is InChI=1S/C25H28O/c26-16-20-13-17-7-1-2-8-18(17)14-24(20)25-15-19-9-3-4-10-21(19)22-11-5-6-12-23(22)25/h13-16H,1-12H2. The molecule has 1 heteroatoms. The summed E-state index contributed by atoms with van der Waals surface area (Å²) in [5, 5.41) is 0. The van der Waals surface area contributed by atoms with Crippen LogP contribution in [0.5, 0.6) is 0 Å². The van der Waals surface area contributed by atoms with E-state index in [2.05, 4.69) is 18.2 Å². The monoisotopic (exact) mass is 344 g/mol. The van der Waals surface area contributed by atoms with Gasteiger partial charge in [0, 0.05) is 5.56 Å². The zero-order chi connectivity index (χ0) is 17.5. The Labute approximate surface area is 156 Å². The topological polar surface area (TPSA) is 17.1 Å². The van der Waals surface area contributed by atoms with Gasteiger partial charge in [0.2, 0.25) is 0 Å². The second kappa shape index (κ2) is 6.68. The van der Waals surface area contributed by atoms with Crippen molar-refractivity contribution >= 4 is 6.29 Å². The van der Waals surface area contributed by atoms with Crippen molar-refractivity contribution in [2.45, 2.75) is 77.0 Å². The normalized spacial score (nSPS) is 18.6. The zero-order valence-corrected chi connectivity index (χ0v) is 15.7. The van der Waals surface area contributed by atoms with E-state index < -0.39 is 0 Å². The maximum Gasteiger partial charge on any atom is 0.150 e. The van der Waals surface area contributed by atoms with E-state index in [0.717, 1.165) is 18.3 Å². The molecule has 0 fully saturated rings. The molecule has 0 radical (unpaired) electrons. The number of aldehydes is 1. The molecule has 26 heavy (non-hydrogen) atoms. The van der Waals surface area contributed by atoms with Gasteiger partial charge in [-0.25, -0.2) is 0 Å². The molecule has 0 heterocycles. The van der Waals surface area contributed by atoms with Crippen LogP contribution in [0.2, 0.25) is 0 Å². The van der Waals surface area contributed by atoms with Crippen LogP contribution in [-0.2, 0) is 38.5 Å². The van der Waals surface area contributed by atoms with Gasteiger partial charge >= 0.3 is 0 Å². The summed E-state index contributed by atoms with van der Waals surface area (Å²) in [5.41, 5.74) is 12.9. The minimum absolute atomic E-state index is 0.911. The van der Waals surface area contributed by atoms with Gasteiger partial charge in [0.25, 0.3) is 0 Å². The number of aryl methyl sites for hydroxylation is 3. The Morgan fingerprint density at radius 3 is 1.81 bits per heavy atom. The first-order valence-electron chi connectivity index (χ1n) is 10.6. The molecule has 0 N–H and O–H groups in total. The third-order valence-corrected chi connectivity index (χ3v) is 6.92. The van der Waals surface area contributed by atoms with E-state index in [1.165, 1.54) is 92.9 Å². The molecule has 5 rings (SSSR count). The highest BCUT2D eigenvalue weighted by Crippen LogP contribution is 2.40. The Morgan fingerprint density at radius 2 is 1.08 bits per heavy atom. The van der Waals surface area contributed by atoms with Crippen LogP contribution in [0.4, 0.5) is 0 Å². The largest absolute Gasteiger partial charge is 0.298 e. The van der Waals surface area contributed by atoms with Crippen molar-refractivity contribution in [3.63, 3.8) is 0 Å². The van der Waals surface area contributed by atoms with Crippen LogP contribution in [0.3, 0.4) is 0 Å². The first-order chi connectivity index (χ1) is 12.8. The lowest BCUT2D eigenvalue weighted by Crippen LogP contribution is -2.14. The number of carbonyl (C=O) groups excluding carboxylic acids is 1. The van der Waals surface area contributed by atoms with Gasteiger partial charge in [0.15, 0.2) is 6.29 Å². The number of benzene rings is 2. The second-order valence-electron chi connectivity index (χ2n) is 8.47. The van der Waals surface area contributed by atoms with Gasteiger partial charge in [-0.1, -0.05) is 12.1 Å². The van der Waals surface area contributed by atoms with Gasteiger partial charge in [-0.05, 0) is 128 Å². The molecule has 3 aliphatic rings. The lowest BCUT2D eigenvalue weighted by molar-refractivity contribution is 0.112. The van der Waals surface area contributed by atoms with Crippen molar-refractivity contribution in [2.24, 2.45) is 0 Å². The van der Waals surface area contributed by atoms with Gasteiger partial charge in [-0.2, -0.15) is 0 Å². The molecule has 0 saturated heterocycles. The Balaban J connectivity index is 1.74. The van der Waals surface area contributed by atoms with E-state index in [1.807, 2.05) is 0 Å². The number of rotatable bonds is 2. The quantitative estimate of drug-likeness (QED) is 0.629. The molecule has 2 aromatic rings. The Bertz CT molecular complexity index is 874. The van der Waals surface area contributed by atoms with Crippen LogP contribution in [0.25, 0.3) is 11.1 Å². The maximum atomic E-state index is 11.9. The van der Waals surface area contributed by atoms with Gasteiger partial charge in [0.1, 0.15) is 0 Å². The van der Waals surface area contributed by atoms with Gasteiger partial charge in [-0.15, -0.1) is 0 Å². The fourth-order valence-corrected chi connectivity index (χ4v) is 5.61. The highest BCUT2D eigenvalue weighted by Gasteiger charge is 2.24. The van der Waals surface area contributed by atoms with Crippen molar-refractivity contribution in [1.82, 2.24) is 0 Å². The predicted octanol–water partition coefficient (Wildman–Crippen LogP) is 5.80. The minimum atomic E-state index is 0.911. The molecule has 0 amide bonds. The Morgan fingerprint density at radius 1 is 0.538 bits per heavy atom. The first kappa shape index (κ1) is 16.3. The molecule has 0 spiro atoms. The van der Waals surface area contributed by atoms with Crippen molar-refractivity contribution in [2.75, 3.05) is 0 Å². The van der Waals surface area contributed by atoms with Crippen molar-refractivity contribution in [3.8, 4) is 11.1 Å². The summed E-state index contributed by atoms with van der Waals surface area (Å²) >= 11 is 0. The summed E-state index contributed by atoms with van der Waals surface area (Å²) in [6.45, 7) is 0. The minimum Gasteiger partial charge on any atom is -0.298 e. The van der Waals surface area contributed by atoms with E-state index in [4.69, 9.17) is 0 Å². The number of hydrogen-bond acceptors (Lipinski definition) is 1. The SMILES string of the molecule is O=Cc1cc2c(cc1-c1cc3c(c4c1CCCC4)CCCC3)CCCC2. The summed E-state index contributed by atoms with van der Waals surface area (Å²) in [5.74, 6) is 0. The molecular formula is C25H28O. The smallest absolute Gasteiger partial charge is 0.150 e. The summed E-state index contributed by atoms with van der Waals surface area (Å²) in [6.07, 6.45) is 16.2. The molecule has 0 saturated carbocycles. The third-order valence-electron chi connectivity index (χ3n) is 6.92. The first-order valence-corrected chi connectivity index (χ1v) is 10.6. The van der Waals surface area contributed by atoms with Crippen molar-refractivity contribution in [1.29, 1.82) is 0 Å². The fourth-order valence-electron chi connectivity index (χ4n) is 5.61. The average molecular weight is 344 g/mol. The van der Waals surface area contributed by atoms with Crippen LogP contribution in [0.15, 0.2) is 18.2 Å². The highest BCUT2D eigenvalue weighted by molar-refractivity contribution is 5.90. The molecule has 0 atom stereocenters. The lowest BCUT2D eigenvalue weighted by Gasteiger charge is -2.29. The van der Waals surface area contributed by atoms with Crippen LogP contribution < -0.4 is 0 Å². The van der Waals surface area contributed by atoms with Crippen molar-refractivity contribution < 1.29 is 4.79 Å². The summed E-state index contributed by atoms with van der Waals surface area (Å²) in [7, 11) is 0. The molecule has 134 valence electrons. The molecule has 0 aromatic heterocycles. The summed E-state index contributed by atoms with van der Waals surface area (Å²) in [6, 6.07) is 7.04. The molecule has 0 unspecified atom stereocenters. The van der Waals surface area contributed by atoms with Gasteiger partial charge < -0.3 is 0 Å². The van der Waals surface area contributed by atoms with E-state index in [9.17, 15) is 4.79 Å². The van der Waals surface area contributed by atoms with E-state index in [0.29, 0.717) is 0 Å². The fraction of sp³-hybridized carbons (Fsp3) is 0.480. The van der Waals surface area contributed by atoms with E-state index in [1.54, 1.807) is 22.3 Å². The van der Waals surface area contributed by atoms with E-state index >= 15 is 0 Å². The van der Waals surface area contributed by atoms with Crippen LogP contribution in [0.1, 0.15) is 82.3 Å². The third kappa shape index (κ3) is 2.64. The molecule has 3 aliphatic carbocycles. The number of hydrogen-bond donors (Lipinski definition) is 0. The van der Waals surface area contributed by atoms with Gasteiger partial charge in [-0.3, -0.25) is 4.79 Å². The Kier molecular flexibility index (Phi) is 4.19. The lowest BCUT2D eigenvalue weighted by atomic mass is 9.76. The molecule has 0 bridgehead atoms. The van der Waals surface area contributed by atoms with Crippen LogP contribution in [-0.4, -0.2) is 6.29 Å². The molecule has 1 nitrogen and oxygen atoms in total.